The second kappa shape index (κ2) is 5.67. The van der Waals surface area contributed by atoms with Crippen LogP contribution in [0.2, 0.25) is 0 Å². The van der Waals surface area contributed by atoms with Crippen LogP contribution in [0.1, 0.15) is 26.0 Å². The second-order valence-electron chi connectivity index (χ2n) is 5.51. The van der Waals surface area contributed by atoms with Crippen molar-refractivity contribution in [3.63, 3.8) is 0 Å². The molecule has 2 rings (SSSR count). The lowest BCUT2D eigenvalue weighted by molar-refractivity contribution is -0.135. The van der Waals surface area contributed by atoms with Crippen LogP contribution in [0.25, 0.3) is 0 Å². The number of aliphatic hydroxyl groups excluding tert-OH is 1. The van der Waals surface area contributed by atoms with Gasteiger partial charge in [-0.05, 0) is 32.4 Å². The molecule has 0 saturated carbocycles. The van der Waals surface area contributed by atoms with E-state index < -0.39 is 0 Å². The average molecular weight is 263 g/mol. The number of aromatic nitrogens is 1. The molecule has 1 aromatic heterocycles. The molecular formula is C14H21N3O2. The van der Waals surface area contributed by atoms with Crippen LogP contribution >= 0.6 is 0 Å². The largest absolute Gasteiger partial charge is 0.396 e. The quantitative estimate of drug-likeness (QED) is 0.832. The molecule has 1 atom stereocenters. The summed E-state index contributed by atoms with van der Waals surface area (Å²) in [6, 6.07) is 5.48. The zero-order valence-corrected chi connectivity index (χ0v) is 11.5. The number of nitrogens with zero attached hydrogens (tertiary/aromatic N) is 2. The van der Waals surface area contributed by atoms with E-state index in [9.17, 15) is 4.79 Å². The summed E-state index contributed by atoms with van der Waals surface area (Å²) in [5.41, 5.74) is 0.791. The third-order valence-electron chi connectivity index (χ3n) is 3.61. The Bertz CT molecular complexity index is 434. The van der Waals surface area contributed by atoms with Gasteiger partial charge in [-0.3, -0.25) is 14.7 Å². The maximum absolute atomic E-state index is 12.0. The van der Waals surface area contributed by atoms with E-state index in [-0.39, 0.29) is 24.1 Å². The van der Waals surface area contributed by atoms with Crippen molar-refractivity contribution < 1.29 is 9.90 Å². The molecule has 5 heteroatoms. The maximum Gasteiger partial charge on any atom is 0.237 e. The van der Waals surface area contributed by atoms with Crippen molar-refractivity contribution >= 4 is 5.91 Å². The lowest BCUT2D eigenvalue weighted by Gasteiger charge is -2.47. The maximum atomic E-state index is 12.0. The first-order chi connectivity index (χ1) is 9.04. The number of hydrogen-bond acceptors (Lipinski definition) is 4. The second-order valence-corrected chi connectivity index (χ2v) is 5.51. The number of carbonyl (C=O) groups excluding carboxylic acids is 1. The summed E-state index contributed by atoms with van der Waals surface area (Å²) in [6.45, 7) is 5.43. The molecule has 1 aliphatic heterocycles. The van der Waals surface area contributed by atoms with Crippen LogP contribution in [0.3, 0.4) is 0 Å². The van der Waals surface area contributed by atoms with Gasteiger partial charge in [0.05, 0.1) is 11.7 Å². The highest BCUT2D eigenvalue weighted by Crippen LogP contribution is 2.25. The molecule has 1 unspecified atom stereocenters. The molecular weight excluding hydrogens is 242 g/mol. The summed E-state index contributed by atoms with van der Waals surface area (Å²) >= 11 is 0. The highest BCUT2D eigenvalue weighted by atomic mass is 16.3. The smallest absolute Gasteiger partial charge is 0.237 e. The molecule has 104 valence electrons. The standard InChI is InChI=1S/C14H21N3O2/c1-14(2)10-16-13(19)12(6-8-18)17(14)9-11-5-3-4-7-15-11/h3-5,7,12,18H,6,8-10H2,1-2H3,(H,16,19). The van der Waals surface area contributed by atoms with Crippen molar-refractivity contribution in [2.24, 2.45) is 0 Å². The fourth-order valence-electron chi connectivity index (χ4n) is 2.49. The van der Waals surface area contributed by atoms with Gasteiger partial charge in [0, 0.05) is 31.4 Å². The first-order valence-electron chi connectivity index (χ1n) is 6.60. The van der Waals surface area contributed by atoms with Gasteiger partial charge >= 0.3 is 0 Å². The number of amides is 1. The summed E-state index contributed by atoms with van der Waals surface area (Å²) in [6.07, 6.45) is 2.20. The normalized spacial score (nSPS) is 23.1. The van der Waals surface area contributed by atoms with E-state index in [1.807, 2.05) is 18.2 Å². The van der Waals surface area contributed by atoms with Crippen LogP contribution in [0.5, 0.6) is 0 Å². The number of hydrogen-bond donors (Lipinski definition) is 2. The van der Waals surface area contributed by atoms with Gasteiger partial charge in [0.2, 0.25) is 5.91 Å². The summed E-state index contributed by atoms with van der Waals surface area (Å²) in [5, 5.41) is 12.1. The van der Waals surface area contributed by atoms with Gasteiger partial charge in [0.15, 0.2) is 0 Å². The predicted octanol–water partition coefficient (Wildman–Crippen LogP) is 0.543. The van der Waals surface area contributed by atoms with Crippen molar-refractivity contribution in [3.8, 4) is 0 Å². The summed E-state index contributed by atoms with van der Waals surface area (Å²) < 4.78 is 0. The van der Waals surface area contributed by atoms with Crippen LogP contribution in [-0.4, -0.2) is 45.6 Å². The number of nitrogens with one attached hydrogen (secondary N) is 1. The van der Waals surface area contributed by atoms with Crippen LogP contribution in [0.4, 0.5) is 0 Å². The average Bonchev–Trinajstić information content (AvgIpc) is 2.40. The molecule has 1 saturated heterocycles. The fraction of sp³-hybridized carbons (Fsp3) is 0.571. The Labute approximate surface area is 113 Å². The highest BCUT2D eigenvalue weighted by Gasteiger charge is 2.40. The molecule has 1 amide bonds. The zero-order chi connectivity index (χ0) is 13.9. The Morgan fingerprint density at radius 1 is 1.53 bits per heavy atom. The van der Waals surface area contributed by atoms with Crippen molar-refractivity contribution in [2.75, 3.05) is 13.2 Å². The van der Waals surface area contributed by atoms with Crippen molar-refractivity contribution in [2.45, 2.75) is 38.4 Å². The number of pyridine rings is 1. The minimum Gasteiger partial charge on any atom is -0.396 e. The zero-order valence-electron chi connectivity index (χ0n) is 11.5. The van der Waals surface area contributed by atoms with Gasteiger partial charge in [-0.2, -0.15) is 0 Å². The van der Waals surface area contributed by atoms with Crippen LogP contribution in [0, 0.1) is 0 Å². The molecule has 0 aromatic carbocycles. The Morgan fingerprint density at radius 3 is 2.95 bits per heavy atom. The van der Waals surface area contributed by atoms with Crippen LogP contribution < -0.4 is 5.32 Å². The molecule has 5 nitrogen and oxygen atoms in total. The fourth-order valence-corrected chi connectivity index (χ4v) is 2.49. The third-order valence-corrected chi connectivity index (χ3v) is 3.61. The van der Waals surface area contributed by atoms with Crippen molar-refractivity contribution in [1.82, 2.24) is 15.2 Å². The number of aliphatic hydroxyl groups is 1. The monoisotopic (exact) mass is 263 g/mol. The van der Waals surface area contributed by atoms with E-state index in [1.165, 1.54) is 0 Å². The molecule has 0 spiro atoms. The lowest BCUT2D eigenvalue weighted by atomic mass is 9.94. The molecule has 1 aliphatic rings. The van der Waals surface area contributed by atoms with Gasteiger partial charge in [0.25, 0.3) is 0 Å². The third kappa shape index (κ3) is 3.11. The Kier molecular flexibility index (Phi) is 4.17. The number of rotatable bonds is 4. The number of piperazine rings is 1. The molecule has 2 N–H and O–H groups in total. The van der Waals surface area contributed by atoms with Gasteiger partial charge < -0.3 is 10.4 Å². The molecule has 2 heterocycles. The first-order valence-corrected chi connectivity index (χ1v) is 6.60. The topological polar surface area (TPSA) is 65.5 Å². The van der Waals surface area contributed by atoms with E-state index in [0.717, 1.165) is 5.69 Å². The molecule has 19 heavy (non-hydrogen) atoms. The van der Waals surface area contributed by atoms with E-state index in [0.29, 0.717) is 19.5 Å². The minimum absolute atomic E-state index is 0.00683. The molecule has 1 aromatic rings. The van der Waals surface area contributed by atoms with Gasteiger partial charge in [-0.1, -0.05) is 6.07 Å². The Hall–Kier alpha value is -1.46. The predicted molar refractivity (Wildman–Crippen MR) is 72.4 cm³/mol. The van der Waals surface area contributed by atoms with E-state index in [2.05, 4.69) is 29.0 Å². The first kappa shape index (κ1) is 14.0. The highest BCUT2D eigenvalue weighted by molar-refractivity contribution is 5.82. The minimum atomic E-state index is -0.296. The summed E-state index contributed by atoms with van der Waals surface area (Å²) in [5.74, 6) is -0.00990. The van der Waals surface area contributed by atoms with Gasteiger partial charge in [0.1, 0.15) is 0 Å². The summed E-state index contributed by atoms with van der Waals surface area (Å²) in [4.78, 5) is 18.4. The van der Waals surface area contributed by atoms with E-state index in [4.69, 9.17) is 5.11 Å². The Morgan fingerprint density at radius 2 is 2.32 bits per heavy atom. The molecule has 0 radical (unpaired) electrons. The van der Waals surface area contributed by atoms with E-state index >= 15 is 0 Å². The van der Waals surface area contributed by atoms with Gasteiger partial charge in [-0.25, -0.2) is 0 Å². The molecule has 1 fully saturated rings. The Balaban J connectivity index is 2.22. The SMILES string of the molecule is CC1(C)CNC(=O)C(CCO)N1Cc1ccccn1. The van der Waals surface area contributed by atoms with E-state index in [1.54, 1.807) is 6.20 Å². The van der Waals surface area contributed by atoms with Gasteiger partial charge in [-0.15, -0.1) is 0 Å². The van der Waals surface area contributed by atoms with Crippen molar-refractivity contribution in [1.29, 1.82) is 0 Å². The number of carbonyl (C=O) groups is 1. The molecule has 0 bridgehead atoms. The van der Waals surface area contributed by atoms with Crippen molar-refractivity contribution in [3.05, 3.63) is 30.1 Å². The van der Waals surface area contributed by atoms with Crippen LogP contribution in [0.15, 0.2) is 24.4 Å². The molecule has 0 aliphatic carbocycles. The summed E-state index contributed by atoms with van der Waals surface area (Å²) in [7, 11) is 0. The van der Waals surface area contributed by atoms with Crippen LogP contribution in [-0.2, 0) is 11.3 Å². The lowest BCUT2D eigenvalue weighted by Crippen LogP contribution is -2.65.